The Morgan fingerprint density at radius 2 is 2.37 bits per heavy atom. The zero-order valence-electron chi connectivity index (χ0n) is 10.9. The van der Waals surface area contributed by atoms with Crippen LogP contribution in [0.1, 0.15) is 45.5 Å². The molecule has 2 heterocycles. The van der Waals surface area contributed by atoms with Crippen molar-refractivity contribution in [3.63, 3.8) is 0 Å². The highest BCUT2D eigenvalue weighted by atomic mass is 32.1. The topological polar surface area (TPSA) is 74.8 Å². The predicted molar refractivity (Wildman–Crippen MR) is 71.0 cm³/mol. The number of carbonyl (C=O) groups is 1. The van der Waals surface area contributed by atoms with E-state index in [0.29, 0.717) is 18.2 Å². The number of H-pyrrole nitrogens is 1. The van der Waals surface area contributed by atoms with Gasteiger partial charge in [0.2, 0.25) is 0 Å². The molecule has 19 heavy (non-hydrogen) atoms. The molecule has 1 fully saturated rings. The van der Waals surface area contributed by atoms with Gasteiger partial charge in [-0.05, 0) is 37.4 Å². The number of carbonyl (C=O) groups excluding carboxylic acids is 1. The van der Waals surface area contributed by atoms with Gasteiger partial charge in [-0.2, -0.15) is 5.10 Å². The summed E-state index contributed by atoms with van der Waals surface area (Å²) in [5.41, 5.74) is 2.44. The minimum Gasteiger partial charge on any atom is -0.335 e. The van der Waals surface area contributed by atoms with Crippen LogP contribution in [0.2, 0.25) is 0 Å². The third kappa shape index (κ3) is 2.51. The summed E-state index contributed by atoms with van der Waals surface area (Å²) in [6.07, 6.45) is 2.38. The highest BCUT2D eigenvalue weighted by Crippen LogP contribution is 2.39. The van der Waals surface area contributed by atoms with Gasteiger partial charge >= 0.3 is 0 Å². The molecule has 100 valence electrons. The molecule has 0 spiro atoms. The number of nitrogens with zero attached hydrogens (tertiary/aromatic N) is 4. The summed E-state index contributed by atoms with van der Waals surface area (Å²) in [4.78, 5) is 14.9. The molecule has 1 aliphatic rings. The van der Waals surface area contributed by atoms with E-state index in [1.807, 2.05) is 13.0 Å². The average molecular weight is 277 g/mol. The fraction of sp³-hybridized carbons (Fsp3) is 0.500. The third-order valence-electron chi connectivity index (χ3n) is 3.31. The Hall–Kier alpha value is -1.76. The Labute approximate surface area is 115 Å². The van der Waals surface area contributed by atoms with Gasteiger partial charge in [0.25, 0.3) is 5.91 Å². The minimum absolute atomic E-state index is 0.0732. The van der Waals surface area contributed by atoms with Crippen molar-refractivity contribution in [2.45, 2.75) is 32.2 Å². The fourth-order valence-electron chi connectivity index (χ4n) is 1.93. The molecule has 0 unspecified atom stereocenters. The quantitative estimate of drug-likeness (QED) is 0.923. The summed E-state index contributed by atoms with van der Waals surface area (Å²) in [6, 6.07) is 1.87. The van der Waals surface area contributed by atoms with E-state index in [1.165, 1.54) is 24.4 Å². The Morgan fingerprint density at radius 3 is 3.00 bits per heavy atom. The van der Waals surface area contributed by atoms with Crippen molar-refractivity contribution >= 4 is 17.4 Å². The summed E-state index contributed by atoms with van der Waals surface area (Å²) >= 11 is 1.33. The first-order valence-corrected chi connectivity index (χ1v) is 7.01. The highest BCUT2D eigenvalue weighted by molar-refractivity contribution is 7.05. The predicted octanol–water partition coefficient (Wildman–Crippen LogP) is 1.72. The maximum absolute atomic E-state index is 12.2. The van der Waals surface area contributed by atoms with E-state index in [9.17, 15) is 4.79 Å². The Bertz CT molecular complexity index is 601. The van der Waals surface area contributed by atoms with Gasteiger partial charge in [0.15, 0.2) is 0 Å². The molecular formula is C12H15N5OS. The SMILES string of the molecule is Cc1nnsc1CN(C)C(=O)c1cc(C2CC2)[nH]n1. The van der Waals surface area contributed by atoms with Gasteiger partial charge in [0, 0.05) is 18.7 Å². The van der Waals surface area contributed by atoms with Crippen LogP contribution >= 0.6 is 11.5 Å². The molecule has 0 aliphatic heterocycles. The minimum atomic E-state index is -0.0732. The third-order valence-corrected chi connectivity index (χ3v) is 4.12. The van der Waals surface area contributed by atoms with Crippen molar-refractivity contribution in [2.24, 2.45) is 0 Å². The van der Waals surface area contributed by atoms with Gasteiger partial charge in [-0.15, -0.1) is 5.10 Å². The zero-order valence-corrected chi connectivity index (χ0v) is 11.7. The first-order valence-electron chi connectivity index (χ1n) is 6.23. The molecule has 0 bridgehead atoms. The van der Waals surface area contributed by atoms with E-state index < -0.39 is 0 Å². The van der Waals surface area contributed by atoms with Crippen molar-refractivity contribution in [2.75, 3.05) is 7.05 Å². The lowest BCUT2D eigenvalue weighted by molar-refractivity contribution is 0.0780. The lowest BCUT2D eigenvalue weighted by Gasteiger charge is -2.14. The summed E-state index contributed by atoms with van der Waals surface area (Å²) in [6.45, 7) is 2.42. The number of aromatic nitrogens is 4. The van der Waals surface area contributed by atoms with Gasteiger partial charge in [0.05, 0.1) is 17.1 Å². The number of nitrogens with one attached hydrogen (secondary N) is 1. The fourth-order valence-corrected chi connectivity index (χ4v) is 2.61. The van der Waals surface area contributed by atoms with Crippen LogP contribution in [0.25, 0.3) is 0 Å². The van der Waals surface area contributed by atoms with E-state index in [2.05, 4.69) is 19.8 Å². The number of aromatic amines is 1. The van der Waals surface area contributed by atoms with Gasteiger partial charge in [0.1, 0.15) is 5.69 Å². The number of aryl methyl sites for hydroxylation is 1. The zero-order chi connectivity index (χ0) is 13.4. The van der Waals surface area contributed by atoms with Gasteiger partial charge < -0.3 is 4.90 Å². The first-order chi connectivity index (χ1) is 9.15. The molecule has 0 saturated heterocycles. The van der Waals surface area contributed by atoms with E-state index in [1.54, 1.807) is 11.9 Å². The van der Waals surface area contributed by atoms with E-state index >= 15 is 0 Å². The van der Waals surface area contributed by atoms with Crippen LogP contribution < -0.4 is 0 Å². The second-order valence-electron chi connectivity index (χ2n) is 4.93. The van der Waals surface area contributed by atoms with Crippen LogP contribution in [0.3, 0.4) is 0 Å². The van der Waals surface area contributed by atoms with E-state index in [4.69, 9.17) is 0 Å². The molecule has 1 amide bonds. The smallest absolute Gasteiger partial charge is 0.274 e. The first kappa shape index (κ1) is 12.3. The average Bonchev–Trinajstić information content (AvgIpc) is 3.00. The van der Waals surface area contributed by atoms with Crippen LogP contribution in [-0.2, 0) is 6.54 Å². The van der Waals surface area contributed by atoms with Crippen molar-refractivity contribution in [3.05, 3.63) is 28.0 Å². The molecule has 3 rings (SSSR count). The maximum atomic E-state index is 12.2. The van der Waals surface area contributed by atoms with Crippen LogP contribution in [0.15, 0.2) is 6.07 Å². The molecule has 0 atom stereocenters. The molecule has 2 aromatic rings. The molecule has 1 aliphatic carbocycles. The number of amides is 1. The normalized spacial score (nSPS) is 14.6. The lowest BCUT2D eigenvalue weighted by Crippen LogP contribution is -2.26. The molecule has 1 N–H and O–H groups in total. The summed E-state index contributed by atoms with van der Waals surface area (Å²) in [7, 11) is 1.77. The molecule has 6 nitrogen and oxygen atoms in total. The summed E-state index contributed by atoms with van der Waals surface area (Å²) in [5.74, 6) is 0.503. The van der Waals surface area contributed by atoms with E-state index in [0.717, 1.165) is 16.3 Å². The van der Waals surface area contributed by atoms with Crippen molar-refractivity contribution < 1.29 is 4.79 Å². The molecule has 2 aromatic heterocycles. The molecule has 0 aromatic carbocycles. The van der Waals surface area contributed by atoms with Crippen LogP contribution in [0, 0.1) is 6.92 Å². The van der Waals surface area contributed by atoms with Crippen LogP contribution in [0.4, 0.5) is 0 Å². The van der Waals surface area contributed by atoms with Gasteiger partial charge in [-0.25, -0.2) is 0 Å². The molecule has 1 saturated carbocycles. The second kappa shape index (κ2) is 4.73. The number of rotatable bonds is 4. The number of hydrogen-bond donors (Lipinski definition) is 1. The van der Waals surface area contributed by atoms with Crippen molar-refractivity contribution in [3.8, 4) is 0 Å². The Morgan fingerprint density at radius 1 is 1.58 bits per heavy atom. The second-order valence-corrected chi connectivity index (χ2v) is 5.76. The Kier molecular flexibility index (Phi) is 3.06. The maximum Gasteiger partial charge on any atom is 0.274 e. The van der Waals surface area contributed by atoms with Crippen molar-refractivity contribution in [1.82, 2.24) is 24.7 Å². The molecular weight excluding hydrogens is 262 g/mol. The van der Waals surface area contributed by atoms with Crippen LogP contribution in [-0.4, -0.2) is 37.6 Å². The van der Waals surface area contributed by atoms with Crippen molar-refractivity contribution in [1.29, 1.82) is 0 Å². The Balaban J connectivity index is 1.69. The lowest BCUT2D eigenvalue weighted by atomic mass is 10.2. The monoisotopic (exact) mass is 277 g/mol. The van der Waals surface area contributed by atoms with Gasteiger partial charge in [-0.3, -0.25) is 9.89 Å². The summed E-state index contributed by atoms with van der Waals surface area (Å²) in [5, 5.41) is 11.0. The standard InChI is InChI=1S/C12H15N5OS/c1-7-11(19-16-13-7)6-17(2)12(18)10-5-9(14-15-10)8-3-4-8/h5,8H,3-4,6H2,1-2H3,(H,14,15). The van der Waals surface area contributed by atoms with Gasteiger partial charge in [-0.1, -0.05) is 4.49 Å². The van der Waals surface area contributed by atoms with E-state index in [-0.39, 0.29) is 5.91 Å². The molecule has 0 radical (unpaired) electrons. The summed E-state index contributed by atoms with van der Waals surface area (Å²) < 4.78 is 3.87. The number of hydrogen-bond acceptors (Lipinski definition) is 5. The highest BCUT2D eigenvalue weighted by Gasteiger charge is 2.27. The molecule has 7 heteroatoms. The van der Waals surface area contributed by atoms with Crippen LogP contribution in [0.5, 0.6) is 0 Å². The largest absolute Gasteiger partial charge is 0.335 e.